The van der Waals surface area contributed by atoms with Crippen molar-refractivity contribution in [2.24, 2.45) is 0 Å². The van der Waals surface area contributed by atoms with Crippen LogP contribution in [0.15, 0.2) is 36.4 Å². The number of carbonyl (C=O) groups is 2. The van der Waals surface area contributed by atoms with Crippen LogP contribution in [-0.4, -0.2) is 50.0 Å². The lowest BCUT2D eigenvalue weighted by atomic mass is 10.1. The molecule has 6 nitrogen and oxygen atoms in total. The minimum Gasteiger partial charge on any atom is -0.496 e. The molecule has 2 rings (SSSR count). The number of anilines is 1. The lowest BCUT2D eigenvalue weighted by Gasteiger charge is -2.19. The summed E-state index contributed by atoms with van der Waals surface area (Å²) in [6.45, 7) is 9.12. The standard InChI is InChI=1S/C22H28FN3O3/c1-5-26(6-2)12-11-24-22(28)18-13-15(3)19(14-20(18)29-4)25-21(27)16-7-9-17(23)10-8-16/h7-10,13-14H,5-6,11-12H2,1-4H3,(H,24,28)(H,25,27). The molecule has 2 aromatic rings. The maximum Gasteiger partial charge on any atom is 0.255 e. The second-order valence-corrected chi connectivity index (χ2v) is 6.61. The lowest BCUT2D eigenvalue weighted by molar-refractivity contribution is 0.0945. The Hall–Kier alpha value is -2.93. The molecule has 0 fully saturated rings. The number of rotatable bonds is 9. The first-order valence-corrected chi connectivity index (χ1v) is 9.65. The molecule has 0 aromatic heterocycles. The summed E-state index contributed by atoms with van der Waals surface area (Å²) in [5, 5.41) is 5.69. The highest BCUT2D eigenvalue weighted by atomic mass is 19.1. The molecule has 0 radical (unpaired) electrons. The molecule has 0 aliphatic heterocycles. The first-order chi connectivity index (χ1) is 13.9. The van der Waals surface area contributed by atoms with Gasteiger partial charge in [-0.05, 0) is 55.9 Å². The zero-order valence-electron chi connectivity index (χ0n) is 17.3. The van der Waals surface area contributed by atoms with E-state index in [1.54, 1.807) is 19.1 Å². The van der Waals surface area contributed by atoms with Crippen LogP contribution in [0.25, 0.3) is 0 Å². The van der Waals surface area contributed by atoms with Crippen molar-refractivity contribution < 1.29 is 18.7 Å². The van der Waals surface area contributed by atoms with Gasteiger partial charge in [-0.2, -0.15) is 0 Å². The summed E-state index contributed by atoms with van der Waals surface area (Å²) in [6.07, 6.45) is 0. The quantitative estimate of drug-likeness (QED) is 0.675. The Morgan fingerprint density at radius 1 is 1.07 bits per heavy atom. The van der Waals surface area contributed by atoms with E-state index in [1.165, 1.54) is 31.4 Å². The van der Waals surface area contributed by atoms with Gasteiger partial charge in [0, 0.05) is 30.4 Å². The number of benzene rings is 2. The van der Waals surface area contributed by atoms with Crippen molar-refractivity contribution in [3.63, 3.8) is 0 Å². The Morgan fingerprint density at radius 2 is 1.72 bits per heavy atom. The molecule has 0 aliphatic carbocycles. The molecule has 0 heterocycles. The fraction of sp³-hybridized carbons (Fsp3) is 0.364. The van der Waals surface area contributed by atoms with E-state index in [1.807, 2.05) is 0 Å². The highest BCUT2D eigenvalue weighted by Gasteiger charge is 2.17. The second-order valence-electron chi connectivity index (χ2n) is 6.61. The van der Waals surface area contributed by atoms with Crippen molar-refractivity contribution in [3.8, 4) is 5.75 Å². The highest BCUT2D eigenvalue weighted by Crippen LogP contribution is 2.27. The highest BCUT2D eigenvalue weighted by molar-refractivity contribution is 6.05. The van der Waals surface area contributed by atoms with Crippen molar-refractivity contribution in [1.29, 1.82) is 0 Å². The molecule has 0 spiro atoms. The maximum absolute atomic E-state index is 13.0. The summed E-state index contributed by atoms with van der Waals surface area (Å²) in [5.74, 6) is -0.638. The van der Waals surface area contributed by atoms with Crippen LogP contribution in [0.3, 0.4) is 0 Å². The molecule has 0 unspecified atom stereocenters. The Labute approximate surface area is 171 Å². The molecular weight excluding hydrogens is 373 g/mol. The van der Waals surface area contributed by atoms with Gasteiger partial charge in [0.1, 0.15) is 11.6 Å². The third kappa shape index (κ3) is 6.02. The average molecular weight is 401 g/mol. The van der Waals surface area contributed by atoms with Crippen LogP contribution in [0, 0.1) is 12.7 Å². The summed E-state index contributed by atoms with van der Waals surface area (Å²) < 4.78 is 18.4. The first-order valence-electron chi connectivity index (χ1n) is 9.65. The molecule has 156 valence electrons. The fourth-order valence-electron chi connectivity index (χ4n) is 2.93. The van der Waals surface area contributed by atoms with Crippen molar-refractivity contribution in [3.05, 3.63) is 58.9 Å². The van der Waals surface area contributed by atoms with Crippen LogP contribution >= 0.6 is 0 Å². The summed E-state index contributed by atoms with van der Waals surface area (Å²) in [6, 6.07) is 8.59. The van der Waals surface area contributed by atoms with E-state index in [2.05, 4.69) is 29.4 Å². The molecular formula is C22H28FN3O3. The van der Waals surface area contributed by atoms with Gasteiger partial charge in [-0.25, -0.2) is 4.39 Å². The van der Waals surface area contributed by atoms with Crippen LogP contribution < -0.4 is 15.4 Å². The molecule has 2 amide bonds. The van der Waals surface area contributed by atoms with E-state index < -0.39 is 5.82 Å². The number of methoxy groups -OCH3 is 1. The van der Waals surface area contributed by atoms with Gasteiger partial charge < -0.3 is 20.3 Å². The molecule has 29 heavy (non-hydrogen) atoms. The van der Waals surface area contributed by atoms with Gasteiger partial charge in [-0.3, -0.25) is 9.59 Å². The van der Waals surface area contributed by atoms with Crippen molar-refractivity contribution in [2.45, 2.75) is 20.8 Å². The predicted octanol–water partition coefficient (Wildman–Crippen LogP) is 3.47. The summed E-state index contributed by atoms with van der Waals surface area (Å²) in [4.78, 5) is 27.2. The molecule has 0 saturated heterocycles. The number of ether oxygens (including phenoxy) is 1. The minimum atomic E-state index is -0.407. The van der Waals surface area contributed by atoms with Gasteiger partial charge >= 0.3 is 0 Å². The van der Waals surface area contributed by atoms with E-state index in [4.69, 9.17) is 4.74 Å². The first kappa shape index (κ1) is 22.4. The predicted molar refractivity (Wildman–Crippen MR) is 112 cm³/mol. The van der Waals surface area contributed by atoms with E-state index in [0.717, 1.165) is 25.2 Å². The van der Waals surface area contributed by atoms with Crippen molar-refractivity contribution in [1.82, 2.24) is 10.2 Å². The summed E-state index contributed by atoms with van der Waals surface area (Å²) >= 11 is 0. The molecule has 0 bridgehead atoms. The topological polar surface area (TPSA) is 70.7 Å². The van der Waals surface area contributed by atoms with E-state index >= 15 is 0 Å². The van der Waals surface area contributed by atoms with Crippen molar-refractivity contribution in [2.75, 3.05) is 38.6 Å². The Kier molecular flexibility index (Phi) is 8.15. The lowest BCUT2D eigenvalue weighted by Crippen LogP contribution is -2.35. The zero-order chi connectivity index (χ0) is 21.4. The van der Waals surface area contributed by atoms with Crippen LogP contribution in [0.5, 0.6) is 5.75 Å². The van der Waals surface area contributed by atoms with Crippen molar-refractivity contribution >= 4 is 17.5 Å². The van der Waals surface area contributed by atoms with Gasteiger partial charge in [0.2, 0.25) is 0 Å². The fourth-order valence-corrected chi connectivity index (χ4v) is 2.93. The van der Waals surface area contributed by atoms with Gasteiger partial charge in [-0.15, -0.1) is 0 Å². The van der Waals surface area contributed by atoms with E-state index in [-0.39, 0.29) is 11.8 Å². The molecule has 0 atom stereocenters. The third-order valence-corrected chi connectivity index (χ3v) is 4.75. The molecule has 2 aromatic carbocycles. The maximum atomic E-state index is 13.0. The SMILES string of the molecule is CCN(CC)CCNC(=O)c1cc(C)c(NC(=O)c2ccc(F)cc2)cc1OC. The monoisotopic (exact) mass is 401 g/mol. The Bertz CT molecular complexity index is 849. The van der Waals surface area contributed by atoms with Crippen LogP contribution in [0.1, 0.15) is 40.1 Å². The molecule has 0 saturated carbocycles. The normalized spacial score (nSPS) is 10.7. The van der Waals surface area contributed by atoms with E-state index in [9.17, 15) is 14.0 Å². The number of nitrogens with zero attached hydrogens (tertiary/aromatic N) is 1. The van der Waals surface area contributed by atoms with Gasteiger partial charge in [-0.1, -0.05) is 13.8 Å². The number of halogens is 1. The molecule has 2 N–H and O–H groups in total. The largest absolute Gasteiger partial charge is 0.496 e. The number of carbonyl (C=O) groups excluding carboxylic acids is 2. The molecule has 0 aliphatic rings. The minimum absolute atomic E-state index is 0.228. The third-order valence-electron chi connectivity index (χ3n) is 4.75. The number of amides is 2. The molecule has 7 heteroatoms. The average Bonchev–Trinajstić information content (AvgIpc) is 2.72. The Morgan fingerprint density at radius 3 is 2.31 bits per heavy atom. The number of aryl methyl sites for hydroxylation is 1. The van der Waals surface area contributed by atoms with Gasteiger partial charge in [0.05, 0.1) is 12.7 Å². The number of hydrogen-bond donors (Lipinski definition) is 2. The zero-order valence-corrected chi connectivity index (χ0v) is 17.3. The van der Waals surface area contributed by atoms with Gasteiger partial charge in [0.15, 0.2) is 0 Å². The van der Waals surface area contributed by atoms with Crippen LogP contribution in [-0.2, 0) is 0 Å². The summed E-state index contributed by atoms with van der Waals surface area (Å²) in [7, 11) is 1.48. The number of hydrogen-bond acceptors (Lipinski definition) is 4. The van der Waals surface area contributed by atoms with E-state index in [0.29, 0.717) is 29.1 Å². The second kappa shape index (κ2) is 10.6. The van der Waals surface area contributed by atoms with Crippen LogP contribution in [0.2, 0.25) is 0 Å². The number of likely N-dealkylation sites (N-methyl/N-ethyl adjacent to an activating group) is 1. The van der Waals surface area contributed by atoms with Gasteiger partial charge in [0.25, 0.3) is 11.8 Å². The smallest absolute Gasteiger partial charge is 0.255 e. The Balaban J connectivity index is 2.12. The van der Waals surface area contributed by atoms with Crippen LogP contribution in [0.4, 0.5) is 10.1 Å². The summed E-state index contributed by atoms with van der Waals surface area (Å²) in [5.41, 5.74) is 1.98. The number of nitrogens with one attached hydrogen (secondary N) is 2.